The lowest BCUT2D eigenvalue weighted by molar-refractivity contribution is 0.203. The van der Waals surface area contributed by atoms with Crippen molar-refractivity contribution in [2.75, 3.05) is 6.61 Å². The van der Waals surface area contributed by atoms with E-state index in [4.69, 9.17) is 4.74 Å². The van der Waals surface area contributed by atoms with Crippen LogP contribution in [0, 0.1) is 12.8 Å². The zero-order valence-corrected chi connectivity index (χ0v) is 19.4. The molecule has 6 rings (SSSR count). The molecule has 0 amide bonds. The van der Waals surface area contributed by atoms with Crippen LogP contribution in [-0.2, 0) is 10.1 Å². The second-order valence-corrected chi connectivity index (χ2v) is 10.7. The van der Waals surface area contributed by atoms with Gasteiger partial charge in [-0.15, -0.1) is 0 Å². The Labute approximate surface area is 190 Å². The molecule has 3 aliphatic rings. The van der Waals surface area contributed by atoms with Crippen LogP contribution < -0.4 is 4.74 Å². The predicted octanol–water partition coefficient (Wildman–Crippen LogP) is 5.70. The molecule has 0 spiro atoms. The average Bonchev–Trinajstić information content (AvgIpc) is 2.77. The molecule has 1 atom stereocenters. The van der Waals surface area contributed by atoms with Crippen molar-refractivity contribution in [2.24, 2.45) is 5.92 Å². The van der Waals surface area contributed by atoms with E-state index in [0.717, 1.165) is 6.42 Å². The van der Waals surface area contributed by atoms with E-state index in [1.165, 1.54) is 28.3 Å². The highest BCUT2D eigenvalue weighted by atomic mass is 32.2. The fourth-order valence-electron chi connectivity index (χ4n) is 5.62. The van der Waals surface area contributed by atoms with Crippen LogP contribution in [0.2, 0.25) is 0 Å². The van der Waals surface area contributed by atoms with E-state index in [0.29, 0.717) is 41.2 Å². The number of fused-ring (bicyclic) bond motifs is 1. The molecule has 0 heterocycles. The molecule has 3 aromatic rings. The first-order valence-corrected chi connectivity index (χ1v) is 12.6. The molecule has 2 bridgehead atoms. The van der Waals surface area contributed by atoms with Gasteiger partial charge < -0.3 is 9.29 Å². The minimum atomic E-state index is -4.53. The summed E-state index contributed by atoms with van der Waals surface area (Å²) >= 11 is 0. The van der Waals surface area contributed by atoms with Gasteiger partial charge in [0.05, 0.1) is 11.5 Å². The van der Waals surface area contributed by atoms with Crippen molar-refractivity contribution in [3.8, 4) is 5.75 Å². The highest BCUT2D eigenvalue weighted by Gasteiger charge is 2.43. The molecule has 0 saturated heterocycles. The Morgan fingerprint density at radius 3 is 2.06 bits per heavy atom. The Kier molecular flexibility index (Phi) is 5.14. The lowest BCUT2D eigenvalue weighted by atomic mass is 9.59. The fourth-order valence-corrected chi connectivity index (χ4v) is 6.52. The van der Waals surface area contributed by atoms with Gasteiger partial charge in [-0.25, -0.2) is 8.42 Å². The van der Waals surface area contributed by atoms with Gasteiger partial charge in [-0.05, 0) is 64.8 Å². The van der Waals surface area contributed by atoms with E-state index in [1.54, 1.807) is 13.0 Å². The topological polar surface area (TPSA) is 66.4 Å². The molecule has 3 aliphatic carbocycles. The molecule has 5 heteroatoms. The third kappa shape index (κ3) is 3.44. The van der Waals surface area contributed by atoms with E-state index in [2.05, 4.69) is 48.5 Å². The number of hydrogen-bond acceptors (Lipinski definition) is 4. The van der Waals surface area contributed by atoms with Crippen LogP contribution in [0.25, 0.3) is 0 Å². The molecule has 166 valence electrons. The van der Waals surface area contributed by atoms with Crippen molar-refractivity contribution in [3.05, 3.63) is 94.0 Å². The summed E-state index contributed by atoms with van der Waals surface area (Å²) in [5.74, 6) is 1.56. The third-order valence-corrected chi connectivity index (χ3v) is 7.97. The SMILES string of the molecule is Cc1cc(S(=O)(=O)[O-])c(C(C)C)cc1OCC1CC2c3ccccc3C1c1ccccc12. The van der Waals surface area contributed by atoms with Crippen molar-refractivity contribution in [3.63, 3.8) is 0 Å². The van der Waals surface area contributed by atoms with Gasteiger partial charge in [-0.2, -0.15) is 0 Å². The van der Waals surface area contributed by atoms with Gasteiger partial charge in [-0.3, -0.25) is 0 Å². The molecule has 4 nitrogen and oxygen atoms in total. The van der Waals surface area contributed by atoms with Crippen molar-refractivity contribution in [2.45, 2.75) is 49.8 Å². The van der Waals surface area contributed by atoms with E-state index in [9.17, 15) is 13.0 Å². The van der Waals surface area contributed by atoms with Crippen LogP contribution in [0.3, 0.4) is 0 Å². The zero-order valence-electron chi connectivity index (χ0n) is 18.5. The summed E-state index contributed by atoms with van der Waals surface area (Å²) in [5.41, 5.74) is 6.82. The highest BCUT2D eigenvalue weighted by Crippen LogP contribution is 2.55. The van der Waals surface area contributed by atoms with Gasteiger partial charge in [0.2, 0.25) is 0 Å². The first-order chi connectivity index (χ1) is 15.3. The molecular weight excluding hydrogens is 420 g/mol. The van der Waals surface area contributed by atoms with Crippen molar-refractivity contribution in [1.29, 1.82) is 0 Å². The normalized spacial score (nSPS) is 21.3. The van der Waals surface area contributed by atoms with Gasteiger partial charge in [0.1, 0.15) is 15.9 Å². The van der Waals surface area contributed by atoms with Crippen molar-refractivity contribution >= 4 is 10.1 Å². The number of benzene rings is 3. The van der Waals surface area contributed by atoms with E-state index < -0.39 is 10.1 Å². The number of ether oxygens (including phenoxy) is 1. The van der Waals surface area contributed by atoms with E-state index >= 15 is 0 Å². The standard InChI is InChI=1S/C27H28O4S/c1-16(2)23-14-25(17(3)12-26(23)32(28,29)30)31-15-18-13-24-19-8-4-6-10-21(19)27(18)22-11-7-5-9-20(22)24/h4-12,14,16,18,24,27H,13,15H2,1-3H3,(H,28,29,30)/p-1. The van der Waals surface area contributed by atoms with Gasteiger partial charge in [0, 0.05) is 17.8 Å². The maximum absolute atomic E-state index is 11.8. The summed E-state index contributed by atoms with van der Waals surface area (Å²) in [6, 6.07) is 20.7. The smallest absolute Gasteiger partial charge is 0.124 e. The molecule has 0 fully saturated rings. The lowest BCUT2D eigenvalue weighted by Gasteiger charge is -2.45. The zero-order chi connectivity index (χ0) is 22.6. The molecule has 0 radical (unpaired) electrons. The Hall–Kier alpha value is -2.63. The van der Waals surface area contributed by atoms with Gasteiger partial charge >= 0.3 is 0 Å². The third-order valence-electron chi connectivity index (χ3n) is 7.07. The second-order valence-electron chi connectivity index (χ2n) is 9.36. The van der Waals surface area contributed by atoms with Crippen LogP contribution in [0.4, 0.5) is 0 Å². The van der Waals surface area contributed by atoms with Crippen molar-refractivity contribution < 1.29 is 17.7 Å². The summed E-state index contributed by atoms with van der Waals surface area (Å²) < 4.78 is 41.6. The van der Waals surface area contributed by atoms with Crippen LogP contribution in [0.1, 0.15) is 71.4 Å². The number of rotatable bonds is 5. The Balaban J connectivity index is 1.47. The quantitative estimate of drug-likeness (QED) is 0.471. The van der Waals surface area contributed by atoms with E-state index in [-0.39, 0.29) is 10.8 Å². The molecule has 0 saturated carbocycles. The van der Waals surface area contributed by atoms with Gasteiger partial charge in [0.25, 0.3) is 0 Å². The monoisotopic (exact) mass is 447 g/mol. The Morgan fingerprint density at radius 1 is 0.969 bits per heavy atom. The summed E-state index contributed by atoms with van der Waals surface area (Å²) in [5, 5.41) is 0. The number of hydrogen-bond donors (Lipinski definition) is 0. The predicted molar refractivity (Wildman–Crippen MR) is 123 cm³/mol. The molecule has 0 N–H and O–H groups in total. The van der Waals surface area contributed by atoms with Crippen LogP contribution >= 0.6 is 0 Å². The molecule has 32 heavy (non-hydrogen) atoms. The molecule has 3 aromatic carbocycles. The second kappa shape index (κ2) is 7.75. The fraction of sp³-hybridized carbons (Fsp3) is 0.333. The van der Waals surface area contributed by atoms with Gasteiger partial charge in [-0.1, -0.05) is 62.4 Å². The minimum absolute atomic E-state index is 0.0962. The van der Waals surface area contributed by atoms with Crippen LogP contribution in [-0.4, -0.2) is 19.6 Å². The first kappa shape index (κ1) is 21.2. The Morgan fingerprint density at radius 2 is 1.53 bits per heavy atom. The maximum Gasteiger partial charge on any atom is 0.124 e. The molecule has 0 aliphatic heterocycles. The molecule has 1 unspecified atom stereocenters. The summed E-state index contributed by atoms with van der Waals surface area (Å²) in [6.07, 6.45) is 1.03. The van der Waals surface area contributed by atoms with E-state index in [1.807, 2.05) is 13.8 Å². The summed E-state index contributed by atoms with van der Waals surface area (Å²) in [4.78, 5) is -0.142. The lowest BCUT2D eigenvalue weighted by Crippen LogP contribution is -2.35. The minimum Gasteiger partial charge on any atom is -0.744 e. The largest absolute Gasteiger partial charge is 0.744 e. The van der Waals surface area contributed by atoms with Crippen LogP contribution in [0.5, 0.6) is 5.75 Å². The van der Waals surface area contributed by atoms with Gasteiger partial charge in [0.15, 0.2) is 0 Å². The highest BCUT2D eigenvalue weighted by molar-refractivity contribution is 7.85. The first-order valence-electron chi connectivity index (χ1n) is 11.2. The van der Waals surface area contributed by atoms with Crippen LogP contribution in [0.15, 0.2) is 65.6 Å². The summed E-state index contributed by atoms with van der Waals surface area (Å²) in [7, 11) is -4.53. The van der Waals surface area contributed by atoms with Crippen molar-refractivity contribution in [1.82, 2.24) is 0 Å². The molecular formula is C27H27O4S-. The molecule has 0 aromatic heterocycles. The summed E-state index contributed by atoms with van der Waals surface area (Å²) in [6.45, 7) is 6.12. The number of aryl methyl sites for hydroxylation is 1. The Bertz CT molecular complexity index is 1250. The maximum atomic E-state index is 11.8. The average molecular weight is 448 g/mol.